The molecule has 3 nitrogen and oxygen atoms in total. The third kappa shape index (κ3) is 4.63. The van der Waals surface area contributed by atoms with Crippen LogP contribution in [0, 0.1) is 0 Å². The van der Waals surface area contributed by atoms with Gasteiger partial charge in [-0.1, -0.05) is 0 Å². The minimum Gasteiger partial charge on any atom is -0.497 e. The normalized spacial score (nSPS) is 13.2. The molecule has 0 aliphatic rings. The maximum atomic E-state index is 12.9. The highest BCUT2D eigenvalue weighted by Gasteiger charge is 2.34. The lowest BCUT2D eigenvalue weighted by atomic mass is 10.1. The minimum absolute atomic E-state index is 0.0527. The fourth-order valence-corrected chi connectivity index (χ4v) is 1.64. The summed E-state index contributed by atoms with van der Waals surface area (Å²) >= 11 is 0. The summed E-state index contributed by atoms with van der Waals surface area (Å²) in [5.74, 6) is 0.183. The van der Waals surface area contributed by atoms with Crippen molar-refractivity contribution in [1.29, 1.82) is 0 Å². The molecule has 1 atom stereocenters. The second-order valence-electron chi connectivity index (χ2n) is 4.24. The van der Waals surface area contributed by atoms with Gasteiger partial charge in [-0.3, -0.25) is 0 Å². The summed E-state index contributed by atoms with van der Waals surface area (Å²) in [7, 11) is 2.89. The molecular formula is C13H18F3NO2. The van der Waals surface area contributed by atoms with E-state index in [1.165, 1.54) is 19.2 Å². The zero-order valence-corrected chi connectivity index (χ0v) is 11.2. The van der Waals surface area contributed by atoms with Crippen molar-refractivity contribution in [2.24, 2.45) is 0 Å². The lowest BCUT2D eigenvalue weighted by Crippen LogP contribution is -2.20. The smallest absolute Gasteiger partial charge is 0.418 e. The van der Waals surface area contributed by atoms with Gasteiger partial charge in [0.15, 0.2) is 0 Å². The number of alkyl halides is 3. The molecule has 0 heterocycles. The molecule has 0 spiro atoms. The number of benzene rings is 1. The summed E-state index contributed by atoms with van der Waals surface area (Å²) in [6.45, 7) is 2.30. The summed E-state index contributed by atoms with van der Waals surface area (Å²) < 4.78 is 48.6. The van der Waals surface area contributed by atoms with Crippen molar-refractivity contribution in [3.8, 4) is 5.75 Å². The Morgan fingerprint density at radius 1 is 1.26 bits per heavy atom. The predicted octanol–water partition coefficient (Wildman–Crippen LogP) is 3.55. The first-order valence-corrected chi connectivity index (χ1v) is 5.89. The van der Waals surface area contributed by atoms with Crippen LogP contribution < -0.4 is 10.1 Å². The lowest BCUT2D eigenvalue weighted by Gasteiger charge is -2.19. The second kappa shape index (κ2) is 6.65. The Balaban J connectivity index is 2.93. The molecule has 1 rings (SSSR count). The van der Waals surface area contributed by atoms with Crippen LogP contribution in [0.2, 0.25) is 0 Å². The van der Waals surface area contributed by atoms with Gasteiger partial charge in [0.05, 0.1) is 12.7 Å². The summed E-state index contributed by atoms with van der Waals surface area (Å²) in [6, 6.07) is 3.76. The van der Waals surface area contributed by atoms with Crippen LogP contribution in [0.25, 0.3) is 0 Å². The van der Waals surface area contributed by atoms with Crippen LogP contribution in [-0.2, 0) is 10.9 Å². The molecule has 1 N–H and O–H groups in total. The Hall–Kier alpha value is -1.43. The Morgan fingerprint density at radius 2 is 1.95 bits per heavy atom. The van der Waals surface area contributed by atoms with Gasteiger partial charge >= 0.3 is 6.18 Å². The van der Waals surface area contributed by atoms with E-state index in [1.54, 1.807) is 7.11 Å². The van der Waals surface area contributed by atoms with E-state index in [2.05, 4.69) is 5.32 Å². The van der Waals surface area contributed by atoms with Gasteiger partial charge in [-0.15, -0.1) is 0 Å². The van der Waals surface area contributed by atoms with Crippen LogP contribution in [0.3, 0.4) is 0 Å². The van der Waals surface area contributed by atoms with Crippen molar-refractivity contribution >= 4 is 5.69 Å². The van der Waals surface area contributed by atoms with Crippen molar-refractivity contribution < 1.29 is 22.6 Å². The molecule has 19 heavy (non-hydrogen) atoms. The summed E-state index contributed by atoms with van der Waals surface area (Å²) in [5.41, 5.74) is -0.673. The number of ether oxygens (including phenoxy) is 2. The van der Waals surface area contributed by atoms with Crippen LogP contribution in [0.1, 0.15) is 18.9 Å². The Bertz CT molecular complexity index is 407. The topological polar surface area (TPSA) is 30.5 Å². The van der Waals surface area contributed by atoms with E-state index in [1.807, 2.05) is 6.92 Å². The number of anilines is 1. The molecule has 1 unspecified atom stereocenters. The molecule has 0 saturated carbocycles. The van der Waals surface area contributed by atoms with E-state index >= 15 is 0 Å². The minimum atomic E-state index is -4.42. The quantitative estimate of drug-likeness (QED) is 0.862. The average Bonchev–Trinajstić information content (AvgIpc) is 2.35. The zero-order valence-electron chi connectivity index (χ0n) is 11.2. The summed E-state index contributed by atoms with van der Waals surface area (Å²) in [5, 5.41) is 2.85. The Morgan fingerprint density at radius 3 is 2.47 bits per heavy atom. The third-order valence-corrected chi connectivity index (χ3v) is 2.69. The number of hydrogen-bond acceptors (Lipinski definition) is 3. The van der Waals surface area contributed by atoms with Gasteiger partial charge in [0.2, 0.25) is 0 Å². The first kappa shape index (κ1) is 15.6. The largest absolute Gasteiger partial charge is 0.497 e. The van der Waals surface area contributed by atoms with Gasteiger partial charge in [-0.05, 0) is 31.5 Å². The molecule has 0 aliphatic heterocycles. The molecule has 0 fully saturated rings. The van der Waals surface area contributed by atoms with Crippen molar-refractivity contribution in [3.63, 3.8) is 0 Å². The highest BCUT2D eigenvalue weighted by molar-refractivity contribution is 5.56. The van der Waals surface area contributed by atoms with Crippen LogP contribution in [-0.4, -0.2) is 26.9 Å². The van der Waals surface area contributed by atoms with Gasteiger partial charge in [-0.2, -0.15) is 13.2 Å². The molecule has 0 bridgehead atoms. The van der Waals surface area contributed by atoms with Crippen LogP contribution in [0.15, 0.2) is 18.2 Å². The van der Waals surface area contributed by atoms with E-state index in [4.69, 9.17) is 9.47 Å². The maximum Gasteiger partial charge on any atom is 0.418 e. The molecule has 108 valence electrons. The van der Waals surface area contributed by atoms with Crippen LogP contribution in [0.5, 0.6) is 5.75 Å². The number of rotatable bonds is 6. The van der Waals surface area contributed by atoms with Gasteiger partial charge in [0.1, 0.15) is 5.75 Å². The SMILES string of the molecule is COCCC(C)Nc1ccc(OC)cc1C(F)(F)F. The number of nitrogens with one attached hydrogen (secondary N) is 1. The highest BCUT2D eigenvalue weighted by Crippen LogP contribution is 2.37. The monoisotopic (exact) mass is 277 g/mol. The molecule has 0 aromatic heterocycles. The van der Waals surface area contributed by atoms with E-state index in [0.717, 1.165) is 6.07 Å². The molecule has 1 aromatic rings. The third-order valence-electron chi connectivity index (χ3n) is 2.69. The predicted molar refractivity (Wildman–Crippen MR) is 67.6 cm³/mol. The molecule has 6 heteroatoms. The molecule has 0 amide bonds. The number of hydrogen-bond donors (Lipinski definition) is 1. The number of halogens is 3. The standard InChI is InChI=1S/C13H18F3NO2/c1-9(6-7-18-2)17-12-5-4-10(19-3)8-11(12)13(14,15)16/h4-5,8-9,17H,6-7H2,1-3H3. The average molecular weight is 277 g/mol. The lowest BCUT2D eigenvalue weighted by molar-refractivity contribution is -0.137. The van der Waals surface area contributed by atoms with E-state index in [0.29, 0.717) is 13.0 Å². The molecular weight excluding hydrogens is 259 g/mol. The van der Waals surface area contributed by atoms with Crippen LogP contribution in [0.4, 0.5) is 18.9 Å². The van der Waals surface area contributed by atoms with Crippen molar-refractivity contribution in [3.05, 3.63) is 23.8 Å². The Kier molecular flexibility index (Phi) is 5.47. The molecule has 0 saturated heterocycles. The van der Waals surface area contributed by atoms with Crippen molar-refractivity contribution in [1.82, 2.24) is 0 Å². The molecule has 0 radical (unpaired) electrons. The molecule has 0 aliphatic carbocycles. The van der Waals surface area contributed by atoms with Gasteiger partial charge in [0, 0.05) is 25.4 Å². The second-order valence-corrected chi connectivity index (χ2v) is 4.24. The number of methoxy groups -OCH3 is 2. The fourth-order valence-electron chi connectivity index (χ4n) is 1.64. The Labute approximate surface area is 110 Å². The van der Waals surface area contributed by atoms with Gasteiger partial charge in [0.25, 0.3) is 0 Å². The van der Waals surface area contributed by atoms with Gasteiger partial charge in [-0.25, -0.2) is 0 Å². The summed E-state index contributed by atoms with van der Waals surface area (Å²) in [6.07, 6.45) is -3.79. The highest BCUT2D eigenvalue weighted by atomic mass is 19.4. The van der Waals surface area contributed by atoms with E-state index < -0.39 is 11.7 Å². The maximum absolute atomic E-state index is 12.9. The first-order valence-electron chi connectivity index (χ1n) is 5.89. The van der Waals surface area contributed by atoms with E-state index in [-0.39, 0.29) is 17.5 Å². The van der Waals surface area contributed by atoms with Crippen molar-refractivity contribution in [2.75, 3.05) is 26.1 Å². The first-order chi connectivity index (χ1) is 8.88. The van der Waals surface area contributed by atoms with E-state index in [9.17, 15) is 13.2 Å². The summed E-state index contributed by atoms with van der Waals surface area (Å²) in [4.78, 5) is 0. The molecule has 1 aromatic carbocycles. The van der Waals surface area contributed by atoms with Crippen LogP contribution >= 0.6 is 0 Å². The fraction of sp³-hybridized carbons (Fsp3) is 0.538. The van der Waals surface area contributed by atoms with Gasteiger partial charge < -0.3 is 14.8 Å². The van der Waals surface area contributed by atoms with Crippen molar-refractivity contribution in [2.45, 2.75) is 25.6 Å². The zero-order chi connectivity index (χ0) is 14.5.